The lowest BCUT2D eigenvalue weighted by molar-refractivity contribution is 0.410. The molecule has 1 heterocycles. The molecule has 2 rings (SSSR count). The third-order valence-corrected chi connectivity index (χ3v) is 2.76. The van der Waals surface area contributed by atoms with E-state index < -0.39 is 29.1 Å². The van der Waals surface area contributed by atoms with Crippen molar-refractivity contribution in [1.82, 2.24) is 4.98 Å². The van der Waals surface area contributed by atoms with Crippen molar-refractivity contribution in [3.63, 3.8) is 0 Å². The van der Waals surface area contributed by atoms with Gasteiger partial charge in [-0.1, -0.05) is 23.2 Å². The van der Waals surface area contributed by atoms with Crippen LogP contribution in [0.1, 0.15) is 0 Å². The molecule has 0 saturated heterocycles. The zero-order valence-corrected chi connectivity index (χ0v) is 9.96. The number of halogens is 6. The Morgan fingerprint density at radius 3 is 2.00 bits per heavy atom. The van der Waals surface area contributed by atoms with Gasteiger partial charge in [0.15, 0.2) is 11.6 Å². The van der Waals surface area contributed by atoms with Crippen LogP contribution in [0.2, 0.25) is 10.0 Å². The van der Waals surface area contributed by atoms with Gasteiger partial charge >= 0.3 is 0 Å². The molecule has 7 heteroatoms. The van der Waals surface area contributed by atoms with E-state index in [1.165, 1.54) is 12.1 Å². The predicted molar refractivity (Wildman–Crippen MR) is 59.5 cm³/mol. The van der Waals surface area contributed by atoms with Gasteiger partial charge < -0.3 is 0 Å². The highest BCUT2D eigenvalue weighted by molar-refractivity contribution is 6.35. The Bertz CT molecular complexity index is 605. The highest BCUT2D eigenvalue weighted by Gasteiger charge is 2.23. The Morgan fingerprint density at radius 1 is 0.889 bits per heavy atom. The molecule has 0 atom stereocenters. The Labute approximate surface area is 109 Å². The van der Waals surface area contributed by atoms with E-state index in [9.17, 15) is 17.6 Å². The Kier molecular flexibility index (Phi) is 3.45. The highest BCUT2D eigenvalue weighted by atomic mass is 35.5. The first-order valence-electron chi connectivity index (χ1n) is 4.57. The fourth-order valence-electron chi connectivity index (χ4n) is 1.41. The van der Waals surface area contributed by atoms with Crippen LogP contribution in [0, 0.1) is 23.5 Å². The molecule has 0 saturated carbocycles. The second kappa shape index (κ2) is 4.74. The number of hydrogen-bond donors (Lipinski definition) is 0. The number of nitrogens with zero attached hydrogens (tertiary/aromatic N) is 1. The highest BCUT2D eigenvalue weighted by Crippen LogP contribution is 2.35. The van der Waals surface area contributed by atoms with Gasteiger partial charge in [0.25, 0.3) is 11.9 Å². The van der Waals surface area contributed by atoms with Crippen molar-refractivity contribution in [2.45, 2.75) is 0 Å². The number of aromatic nitrogens is 1. The quantitative estimate of drug-likeness (QED) is 0.553. The van der Waals surface area contributed by atoms with E-state index in [1.54, 1.807) is 0 Å². The smallest absolute Gasteiger partial charge is 0.201 e. The van der Waals surface area contributed by atoms with Gasteiger partial charge in [-0.05, 0) is 18.2 Å². The summed E-state index contributed by atoms with van der Waals surface area (Å²) < 4.78 is 52.9. The number of hydrogen-bond acceptors (Lipinski definition) is 1. The van der Waals surface area contributed by atoms with Gasteiger partial charge in [-0.3, -0.25) is 0 Å². The predicted octanol–water partition coefficient (Wildman–Crippen LogP) is 4.61. The minimum atomic E-state index is -1.75. The maximum absolute atomic E-state index is 13.5. The van der Waals surface area contributed by atoms with Crippen molar-refractivity contribution < 1.29 is 17.6 Å². The van der Waals surface area contributed by atoms with Gasteiger partial charge in [0.1, 0.15) is 0 Å². The maximum atomic E-state index is 13.5. The van der Waals surface area contributed by atoms with Gasteiger partial charge in [0.05, 0.1) is 5.56 Å². The standard InChI is InChI=1S/C11H3Cl2F4N/c12-4-1-2-6(13)5(3-4)7-8(14)10(16)18-11(17)9(7)15/h1-3H. The lowest BCUT2D eigenvalue weighted by atomic mass is 10.1. The molecule has 0 spiro atoms. The summed E-state index contributed by atoms with van der Waals surface area (Å²) >= 11 is 11.4. The molecule has 18 heavy (non-hydrogen) atoms. The zero-order valence-electron chi connectivity index (χ0n) is 8.45. The lowest BCUT2D eigenvalue weighted by Crippen LogP contribution is -2.03. The van der Waals surface area contributed by atoms with Crippen LogP contribution in [0.4, 0.5) is 17.6 Å². The Hall–Kier alpha value is -1.33. The third kappa shape index (κ3) is 2.15. The van der Waals surface area contributed by atoms with Crippen LogP contribution in [0.15, 0.2) is 18.2 Å². The normalized spacial score (nSPS) is 10.8. The molecule has 2 aromatic rings. The molecular formula is C11H3Cl2F4N. The van der Waals surface area contributed by atoms with Gasteiger partial charge in [-0.15, -0.1) is 0 Å². The summed E-state index contributed by atoms with van der Waals surface area (Å²) in [5, 5.41) is 0.0213. The van der Waals surface area contributed by atoms with E-state index in [-0.39, 0.29) is 15.6 Å². The molecule has 0 amide bonds. The van der Waals surface area contributed by atoms with E-state index in [1.807, 2.05) is 0 Å². The van der Waals surface area contributed by atoms with Crippen LogP contribution in [0.3, 0.4) is 0 Å². The van der Waals surface area contributed by atoms with Crippen LogP contribution >= 0.6 is 23.2 Å². The number of pyridine rings is 1. The topological polar surface area (TPSA) is 12.9 Å². The van der Waals surface area contributed by atoms with Crippen LogP contribution in [-0.4, -0.2) is 4.98 Å². The first-order chi connectivity index (χ1) is 8.41. The molecule has 0 aliphatic heterocycles. The monoisotopic (exact) mass is 295 g/mol. The molecular weight excluding hydrogens is 293 g/mol. The third-order valence-electron chi connectivity index (χ3n) is 2.20. The molecule has 94 valence electrons. The van der Waals surface area contributed by atoms with Crippen LogP contribution < -0.4 is 0 Å². The summed E-state index contributed by atoms with van der Waals surface area (Å²) in [4.78, 5) is 2.45. The van der Waals surface area contributed by atoms with Crippen molar-refractivity contribution in [3.8, 4) is 11.1 Å². The van der Waals surface area contributed by atoms with E-state index in [0.29, 0.717) is 0 Å². The van der Waals surface area contributed by atoms with Gasteiger partial charge in [0, 0.05) is 15.6 Å². The molecule has 0 bridgehead atoms. The molecule has 0 unspecified atom stereocenters. The minimum Gasteiger partial charge on any atom is -0.201 e. The summed E-state index contributed by atoms with van der Waals surface area (Å²) in [5.41, 5.74) is -1.19. The van der Waals surface area contributed by atoms with Crippen LogP contribution in [0.5, 0.6) is 0 Å². The van der Waals surface area contributed by atoms with Crippen molar-refractivity contribution in [1.29, 1.82) is 0 Å². The Balaban J connectivity index is 2.82. The van der Waals surface area contributed by atoms with Gasteiger partial charge in [-0.2, -0.15) is 13.8 Å². The van der Waals surface area contributed by atoms with Crippen molar-refractivity contribution in [3.05, 3.63) is 51.8 Å². The maximum Gasteiger partial charge on any atom is 0.252 e. The van der Waals surface area contributed by atoms with E-state index in [4.69, 9.17) is 23.2 Å². The van der Waals surface area contributed by atoms with Crippen LogP contribution in [-0.2, 0) is 0 Å². The molecule has 0 fully saturated rings. The minimum absolute atomic E-state index is 0.0952. The van der Waals surface area contributed by atoms with Crippen molar-refractivity contribution in [2.75, 3.05) is 0 Å². The number of benzene rings is 1. The summed E-state index contributed by atoms with van der Waals surface area (Å²) in [6.45, 7) is 0. The molecule has 1 aromatic carbocycles. The van der Waals surface area contributed by atoms with Gasteiger partial charge in [-0.25, -0.2) is 8.78 Å². The largest absolute Gasteiger partial charge is 0.252 e. The summed E-state index contributed by atoms with van der Waals surface area (Å²) in [7, 11) is 0. The molecule has 0 N–H and O–H groups in total. The average molecular weight is 296 g/mol. The molecule has 0 radical (unpaired) electrons. The summed E-state index contributed by atoms with van der Waals surface area (Å²) in [6.07, 6.45) is 0. The zero-order chi connectivity index (χ0) is 13.4. The second-order valence-electron chi connectivity index (χ2n) is 3.32. The van der Waals surface area contributed by atoms with Crippen molar-refractivity contribution >= 4 is 23.2 Å². The van der Waals surface area contributed by atoms with Crippen molar-refractivity contribution in [2.24, 2.45) is 0 Å². The molecule has 1 aromatic heterocycles. The fraction of sp³-hybridized carbons (Fsp3) is 0. The van der Waals surface area contributed by atoms with E-state index >= 15 is 0 Å². The molecule has 0 aliphatic rings. The molecule has 1 nitrogen and oxygen atoms in total. The first kappa shape index (κ1) is 13.1. The average Bonchev–Trinajstić information content (AvgIpc) is 2.31. The lowest BCUT2D eigenvalue weighted by Gasteiger charge is -2.08. The Morgan fingerprint density at radius 2 is 1.44 bits per heavy atom. The summed E-state index contributed by atoms with van der Waals surface area (Å²) in [5.74, 6) is -6.75. The summed E-state index contributed by atoms with van der Waals surface area (Å²) in [6, 6.07) is 3.73. The fourth-order valence-corrected chi connectivity index (χ4v) is 1.80. The van der Waals surface area contributed by atoms with E-state index in [0.717, 1.165) is 6.07 Å². The first-order valence-corrected chi connectivity index (χ1v) is 5.33. The van der Waals surface area contributed by atoms with Gasteiger partial charge in [0.2, 0.25) is 0 Å². The number of rotatable bonds is 1. The second-order valence-corrected chi connectivity index (χ2v) is 4.16. The van der Waals surface area contributed by atoms with Crippen LogP contribution in [0.25, 0.3) is 11.1 Å². The SMILES string of the molecule is Fc1nc(F)c(F)c(-c2cc(Cl)ccc2Cl)c1F. The molecule has 0 aliphatic carbocycles. The van der Waals surface area contributed by atoms with E-state index in [2.05, 4.69) is 4.98 Å².